The molecule has 0 saturated carbocycles. The van der Waals surface area contributed by atoms with E-state index >= 15 is 0 Å². The largest absolute Gasteiger partial charge is 0.350 e. The molecule has 16 heavy (non-hydrogen) atoms. The van der Waals surface area contributed by atoms with E-state index in [1.807, 2.05) is 6.07 Å². The van der Waals surface area contributed by atoms with Crippen molar-refractivity contribution in [3.8, 4) is 0 Å². The Morgan fingerprint density at radius 1 is 1.69 bits per heavy atom. The highest BCUT2D eigenvalue weighted by Gasteiger charge is 2.23. The molecule has 1 unspecified atom stereocenters. The molecule has 1 aromatic heterocycles. The summed E-state index contributed by atoms with van der Waals surface area (Å²) >= 11 is 9.61. The fourth-order valence-corrected chi connectivity index (χ4v) is 2.76. The van der Waals surface area contributed by atoms with Crippen molar-refractivity contribution in [2.45, 2.75) is 19.4 Å². The first-order chi connectivity index (χ1) is 7.72. The van der Waals surface area contributed by atoms with Gasteiger partial charge >= 0.3 is 0 Å². The third-order valence-corrected chi connectivity index (χ3v) is 3.59. The van der Waals surface area contributed by atoms with E-state index in [9.17, 15) is 0 Å². The molecule has 1 aliphatic heterocycles. The summed E-state index contributed by atoms with van der Waals surface area (Å²) in [6.07, 6.45) is 2.90. The molecular formula is C11H15BrClN3. The molecule has 2 rings (SSSR count). The number of anilines is 1. The van der Waals surface area contributed by atoms with Gasteiger partial charge in [-0.2, -0.15) is 0 Å². The summed E-state index contributed by atoms with van der Waals surface area (Å²) in [7, 11) is 0. The third-order valence-electron chi connectivity index (χ3n) is 2.88. The lowest BCUT2D eigenvalue weighted by atomic mass is 10.1. The van der Waals surface area contributed by atoms with Gasteiger partial charge in [-0.3, -0.25) is 0 Å². The van der Waals surface area contributed by atoms with Crippen LogP contribution >= 0.6 is 27.5 Å². The van der Waals surface area contributed by atoms with Crippen LogP contribution in [0.4, 0.5) is 5.82 Å². The first kappa shape index (κ1) is 12.1. The number of hydrogen-bond donors (Lipinski definition) is 1. The van der Waals surface area contributed by atoms with E-state index in [4.69, 9.17) is 11.6 Å². The Hall–Kier alpha value is -0.320. The lowest BCUT2D eigenvalue weighted by Gasteiger charge is -2.37. The summed E-state index contributed by atoms with van der Waals surface area (Å²) < 4.78 is 0.921. The van der Waals surface area contributed by atoms with Crippen LogP contribution in [-0.2, 0) is 0 Å². The van der Waals surface area contributed by atoms with Crippen molar-refractivity contribution < 1.29 is 0 Å². The Balaban J connectivity index is 2.27. The van der Waals surface area contributed by atoms with Gasteiger partial charge in [-0.05, 0) is 28.4 Å². The van der Waals surface area contributed by atoms with Gasteiger partial charge in [-0.25, -0.2) is 4.98 Å². The van der Waals surface area contributed by atoms with Crippen molar-refractivity contribution in [1.82, 2.24) is 10.3 Å². The second-order valence-corrected chi connectivity index (χ2v) is 5.24. The molecule has 1 saturated heterocycles. The predicted molar refractivity (Wildman–Crippen MR) is 71.2 cm³/mol. The molecule has 88 valence electrons. The van der Waals surface area contributed by atoms with Crippen LogP contribution in [0.15, 0.2) is 16.7 Å². The first-order valence-electron chi connectivity index (χ1n) is 5.50. The standard InChI is InChI=1S/C11H15BrClN3/c1-2-9-7-14-3-4-16(9)11-10(13)5-8(12)6-15-11/h5-6,9,14H,2-4,7H2,1H3. The molecule has 0 bridgehead atoms. The molecule has 0 aromatic carbocycles. The van der Waals surface area contributed by atoms with E-state index in [0.717, 1.165) is 41.4 Å². The van der Waals surface area contributed by atoms with Gasteiger partial charge in [0, 0.05) is 36.3 Å². The third kappa shape index (κ3) is 2.50. The minimum absolute atomic E-state index is 0.486. The number of halogens is 2. The predicted octanol–water partition coefficient (Wildman–Crippen LogP) is 2.69. The van der Waals surface area contributed by atoms with Gasteiger partial charge in [-0.15, -0.1) is 0 Å². The number of aromatic nitrogens is 1. The molecule has 0 radical (unpaired) electrons. The molecule has 0 spiro atoms. The zero-order valence-electron chi connectivity index (χ0n) is 9.21. The van der Waals surface area contributed by atoms with E-state index in [1.54, 1.807) is 6.20 Å². The number of rotatable bonds is 2. The van der Waals surface area contributed by atoms with Gasteiger partial charge in [0.25, 0.3) is 0 Å². The van der Waals surface area contributed by atoms with Gasteiger partial charge < -0.3 is 10.2 Å². The molecule has 1 fully saturated rings. The SMILES string of the molecule is CCC1CNCCN1c1ncc(Br)cc1Cl. The fraction of sp³-hybridized carbons (Fsp3) is 0.545. The number of nitrogens with one attached hydrogen (secondary N) is 1. The Morgan fingerprint density at radius 2 is 2.50 bits per heavy atom. The van der Waals surface area contributed by atoms with E-state index in [0.29, 0.717) is 6.04 Å². The van der Waals surface area contributed by atoms with Crippen LogP contribution in [0, 0.1) is 0 Å². The van der Waals surface area contributed by atoms with Crippen molar-refractivity contribution in [2.24, 2.45) is 0 Å². The van der Waals surface area contributed by atoms with Crippen molar-refractivity contribution in [3.63, 3.8) is 0 Å². The minimum atomic E-state index is 0.486. The molecule has 2 heterocycles. The monoisotopic (exact) mass is 303 g/mol. The number of piperazine rings is 1. The summed E-state index contributed by atoms with van der Waals surface area (Å²) in [4.78, 5) is 6.72. The van der Waals surface area contributed by atoms with Crippen LogP contribution in [0.2, 0.25) is 5.02 Å². The fourth-order valence-electron chi connectivity index (χ4n) is 2.02. The first-order valence-corrected chi connectivity index (χ1v) is 6.68. The molecule has 1 atom stereocenters. The Bertz CT molecular complexity index is 372. The van der Waals surface area contributed by atoms with Gasteiger partial charge in [0.15, 0.2) is 0 Å². The Morgan fingerprint density at radius 3 is 3.19 bits per heavy atom. The van der Waals surface area contributed by atoms with Crippen LogP contribution in [0.5, 0.6) is 0 Å². The number of pyridine rings is 1. The van der Waals surface area contributed by atoms with Crippen molar-refractivity contribution in [1.29, 1.82) is 0 Å². The van der Waals surface area contributed by atoms with Crippen LogP contribution in [0.25, 0.3) is 0 Å². The number of hydrogen-bond acceptors (Lipinski definition) is 3. The smallest absolute Gasteiger partial charge is 0.147 e. The lowest BCUT2D eigenvalue weighted by molar-refractivity contribution is 0.463. The molecule has 0 amide bonds. The maximum Gasteiger partial charge on any atom is 0.147 e. The quantitative estimate of drug-likeness (QED) is 0.910. The summed E-state index contributed by atoms with van der Waals surface area (Å²) in [6, 6.07) is 2.39. The van der Waals surface area contributed by atoms with Crippen LogP contribution < -0.4 is 10.2 Å². The second kappa shape index (κ2) is 5.34. The van der Waals surface area contributed by atoms with Crippen molar-refractivity contribution in [3.05, 3.63) is 21.8 Å². The van der Waals surface area contributed by atoms with Gasteiger partial charge in [-0.1, -0.05) is 18.5 Å². The zero-order valence-corrected chi connectivity index (χ0v) is 11.6. The minimum Gasteiger partial charge on any atom is -0.350 e. The summed E-state index contributed by atoms with van der Waals surface area (Å²) in [6.45, 7) is 5.15. The van der Waals surface area contributed by atoms with Gasteiger partial charge in [0.2, 0.25) is 0 Å². The molecular weight excluding hydrogens is 289 g/mol. The molecule has 1 aliphatic rings. The van der Waals surface area contributed by atoms with Gasteiger partial charge in [0.1, 0.15) is 5.82 Å². The topological polar surface area (TPSA) is 28.2 Å². The maximum atomic E-state index is 6.23. The van der Waals surface area contributed by atoms with E-state index in [1.165, 1.54) is 0 Å². The molecule has 1 aromatic rings. The highest BCUT2D eigenvalue weighted by molar-refractivity contribution is 9.10. The molecule has 3 nitrogen and oxygen atoms in total. The molecule has 1 N–H and O–H groups in total. The highest BCUT2D eigenvalue weighted by atomic mass is 79.9. The van der Waals surface area contributed by atoms with E-state index in [2.05, 4.69) is 38.1 Å². The van der Waals surface area contributed by atoms with Crippen molar-refractivity contribution >= 4 is 33.3 Å². The average molecular weight is 305 g/mol. The maximum absolute atomic E-state index is 6.23. The summed E-state index contributed by atoms with van der Waals surface area (Å²) in [5, 5.41) is 4.11. The normalized spacial score (nSPS) is 21.2. The van der Waals surface area contributed by atoms with Crippen molar-refractivity contribution in [2.75, 3.05) is 24.5 Å². The zero-order chi connectivity index (χ0) is 11.5. The molecule has 0 aliphatic carbocycles. The van der Waals surface area contributed by atoms with Crippen LogP contribution in [0.1, 0.15) is 13.3 Å². The highest BCUT2D eigenvalue weighted by Crippen LogP contribution is 2.28. The summed E-state index contributed by atoms with van der Waals surface area (Å²) in [5.41, 5.74) is 0. The average Bonchev–Trinajstić information content (AvgIpc) is 2.29. The molecule has 5 heteroatoms. The summed E-state index contributed by atoms with van der Waals surface area (Å²) in [5.74, 6) is 0.901. The number of nitrogens with zero attached hydrogens (tertiary/aromatic N) is 2. The van der Waals surface area contributed by atoms with Crippen LogP contribution in [-0.4, -0.2) is 30.7 Å². The van der Waals surface area contributed by atoms with E-state index in [-0.39, 0.29) is 0 Å². The van der Waals surface area contributed by atoms with E-state index < -0.39 is 0 Å². The lowest BCUT2D eigenvalue weighted by Crippen LogP contribution is -2.51. The van der Waals surface area contributed by atoms with Crippen LogP contribution in [0.3, 0.4) is 0 Å². The Labute approximate surface area is 109 Å². The van der Waals surface area contributed by atoms with Gasteiger partial charge in [0.05, 0.1) is 5.02 Å². The Kier molecular flexibility index (Phi) is 4.05. The second-order valence-electron chi connectivity index (χ2n) is 3.92.